The molecule has 0 radical (unpaired) electrons. The van der Waals surface area contributed by atoms with Crippen molar-refractivity contribution >= 4 is 28.3 Å². The van der Waals surface area contributed by atoms with E-state index in [1.807, 2.05) is 13.0 Å². The average molecular weight is 328 g/mol. The molecule has 6 nitrogen and oxygen atoms in total. The van der Waals surface area contributed by atoms with Gasteiger partial charge in [-0.25, -0.2) is 9.78 Å². The SMILES string of the molecule is Cc1ncsc1COc1cc2c(C(=O)O)c(C)oc2cc1C#N. The minimum atomic E-state index is -1.07. The Morgan fingerprint density at radius 1 is 1.48 bits per heavy atom. The van der Waals surface area contributed by atoms with Crippen LogP contribution in [0.5, 0.6) is 5.75 Å². The van der Waals surface area contributed by atoms with Crippen molar-refractivity contribution in [1.29, 1.82) is 5.26 Å². The van der Waals surface area contributed by atoms with E-state index in [-0.39, 0.29) is 12.2 Å². The summed E-state index contributed by atoms with van der Waals surface area (Å²) in [5.41, 5.74) is 3.34. The maximum absolute atomic E-state index is 11.4. The summed E-state index contributed by atoms with van der Waals surface area (Å²) in [6.45, 7) is 3.73. The lowest BCUT2D eigenvalue weighted by Gasteiger charge is -2.07. The molecule has 1 aromatic carbocycles. The number of rotatable bonds is 4. The number of carboxylic acid groups (broad SMARTS) is 1. The van der Waals surface area contributed by atoms with E-state index in [9.17, 15) is 15.2 Å². The van der Waals surface area contributed by atoms with E-state index in [1.165, 1.54) is 17.4 Å². The van der Waals surface area contributed by atoms with Gasteiger partial charge in [0, 0.05) is 11.5 Å². The smallest absolute Gasteiger partial charge is 0.339 e. The number of aromatic nitrogens is 1. The molecule has 23 heavy (non-hydrogen) atoms. The molecule has 0 aliphatic carbocycles. The Labute approximate surface area is 135 Å². The number of ether oxygens (including phenoxy) is 1. The Balaban J connectivity index is 2.05. The third-order valence-electron chi connectivity index (χ3n) is 3.50. The van der Waals surface area contributed by atoms with Gasteiger partial charge in [0.1, 0.15) is 35.3 Å². The van der Waals surface area contributed by atoms with Crippen molar-refractivity contribution < 1.29 is 19.1 Å². The van der Waals surface area contributed by atoms with Crippen LogP contribution in [0, 0.1) is 25.2 Å². The highest BCUT2D eigenvalue weighted by Crippen LogP contribution is 2.32. The van der Waals surface area contributed by atoms with E-state index in [2.05, 4.69) is 4.98 Å². The van der Waals surface area contributed by atoms with Crippen molar-refractivity contribution in [3.63, 3.8) is 0 Å². The van der Waals surface area contributed by atoms with E-state index in [0.717, 1.165) is 10.6 Å². The van der Waals surface area contributed by atoms with E-state index in [4.69, 9.17) is 9.15 Å². The minimum absolute atomic E-state index is 0.0864. The van der Waals surface area contributed by atoms with Crippen molar-refractivity contribution in [2.45, 2.75) is 20.5 Å². The van der Waals surface area contributed by atoms with E-state index in [1.54, 1.807) is 18.5 Å². The molecule has 2 aromatic heterocycles. The molecule has 3 aromatic rings. The lowest BCUT2D eigenvalue weighted by atomic mass is 10.1. The molecule has 0 aliphatic rings. The molecule has 2 heterocycles. The fraction of sp³-hybridized carbons (Fsp3) is 0.188. The summed E-state index contributed by atoms with van der Waals surface area (Å²) in [5.74, 6) is -0.446. The summed E-state index contributed by atoms with van der Waals surface area (Å²) < 4.78 is 11.2. The average Bonchev–Trinajstić information content (AvgIpc) is 3.05. The number of furan rings is 1. The molecule has 3 rings (SSSR count). The first-order valence-corrected chi connectivity index (χ1v) is 7.61. The number of thiazole rings is 1. The molecule has 0 saturated heterocycles. The Hall–Kier alpha value is -2.85. The summed E-state index contributed by atoms with van der Waals surface area (Å²) >= 11 is 1.47. The fourth-order valence-electron chi connectivity index (χ4n) is 2.33. The molecule has 0 fully saturated rings. The molecule has 1 N–H and O–H groups in total. The standard InChI is InChI=1S/C16H12N2O4S/c1-8-14(23-7-18-8)6-21-12-4-11-13(3-10(12)5-17)22-9(2)15(11)16(19)20/h3-4,7H,6H2,1-2H3,(H,19,20). The highest BCUT2D eigenvalue weighted by atomic mass is 32.1. The van der Waals surface area contributed by atoms with Crippen LogP contribution in [0.3, 0.4) is 0 Å². The first-order valence-electron chi connectivity index (χ1n) is 6.73. The van der Waals surface area contributed by atoms with Gasteiger partial charge in [-0.1, -0.05) is 0 Å². The van der Waals surface area contributed by atoms with E-state index < -0.39 is 5.97 Å². The molecule has 7 heteroatoms. The maximum Gasteiger partial charge on any atom is 0.339 e. The van der Waals surface area contributed by atoms with Crippen LogP contribution in [-0.4, -0.2) is 16.1 Å². The second kappa shape index (κ2) is 5.74. The normalized spacial score (nSPS) is 10.7. The van der Waals surface area contributed by atoms with Gasteiger partial charge in [0.05, 0.1) is 21.6 Å². The first-order chi connectivity index (χ1) is 11.0. The van der Waals surface area contributed by atoms with Gasteiger partial charge in [0.15, 0.2) is 0 Å². The first kappa shape index (κ1) is 15.1. The number of aromatic carboxylic acids is 1. The number of benzene rings is 1. The maximum atomic E-state index is 11.4. The molecule has 0 bridgehead atoms. The number of nitriles is 1. The summed E-state index contributed by atoms with van der Waals surface area (Å²) in [6, 6.07) is 5.10. The number of carbonyl (C=O) groups is 1. The van der Waals surface area contributed by atoms with Crippen LogP contribution >= 0.6 is 11.3 Å². The van der Waals surface area contributed by atoms with Gasteiger partial charge in [-0.15, -0.1) is 11.3 Å². The van der Waals surface area contributed by atoms with E-state index >= 15 is 0 Å². The Morgan fingerprint density at radius 2 is 2.26 bits per heavy atom. The Kier molecular flexibility index (Phi) is 3.76. The number of fused-ring (bicyclic) bond motifs is 1. The van der Waals surface area contributed by atoms with Gasteiger partial charge < -0.3 is 14.3 Å². The molecule has 0 spiro atoms. The zero-order valence-electron chi connectivity index (χ0n) is 12.4. The number of aryl methyl sites for hydroxylation is 2. The van der Waals surface area contributed by atoms with Crippen molar-refractivity contribution in [2.24, 2.45) is 0 Å². The van der Waals surface area contributed by atoms with Gasteiger partial charge in [-0.05, 0) is 19.9 Å². The lowest BCUT2D eigenvalue weighted by molar-refractivity contribution is 0.0697. The Morgan fingerprint density at radius 3 is 2.87 bits per heavy atom. The number of hydrogen-bond acceptors (Lipinski definition) is 6. The molecule has 116 valence electrons. The fourth-order valence-corrected chi connectivity index (χ4v) is 3.01. The van der Waals surface area contributed by atoms with Crippen molar-refractivity contribution in [3.8, 4) is 11.8 Å². The second-order valence-corrected chi connectivity index (χ2v) is 5.88. The van der Waals surface area contributed by atoms with Crippen LogP contribution in [0.4, 0.5) is 0 Å². The van der Waals surface area contributed by atoms with Crippen molar-refractivity contribution in [2.75, 3.05) is 0 Å². The van der Waals surface area contributed by atoms with Gasteiger partial charge in [0.2, 0.25) is 0 Å². The molecule has 0 saturated carbocycles. The van der Waals surface area contributed by atoms with Gasteiger partial charge in [-0.3, -0.25) is 0 Å². The minimum Gasteiger partial charge on any atom is -0.487 e. The topological polar surface area (TPSA) is 96.3 Å². The van der Waals surface area contributed by atoms with Gasteiger partial charge in [-0.2, -0.15) is 5.26 Å². The van der Waals surface area contributed by atoms with Crippen LogP contribution in [0.25, 0.3) is 11.0 Å². The lowest BCUT2D eigenvalue weighted by Crippen LogP contribution is -1.99. The molecule has 0 unspecified atom stereocenters. The molecular formula is C16H12N2O4S. The largest absolute Gasteiger partial charge is 0.487 e. The van der Waals surface area contributed by atoms with Crippen molar-refractivity contribution in [1.82, 2.24) is 4.98 Å². The Bertz CT molecular complexity index is 949. The third kappa shape index (κ3) is 2.64. The van der Waals surface area contributed by atoms with Gasteiger partial charge in [0.25, 0.3) is 0 Å². The molecule has 0 amide bonds. The van der Waals surface area contributed by atoms with E-state index in [0.29, 0.717) is 28.0 Å². The zero-order valence-corrected chi connectivity index (χ0v) is 13.2. The third-order valence-corrected chi connectivity index (χ3v) is 4.41. The number of hydrogen-bond donors (Lipinski definition) is 1. The highest BCUT2D eigenvalue weighted by Gasteiger charge is 2.20. The predicted molar refractivity (Wildman–Crippen MR) is 83.8 cm³/mol. The summed E-state index contributed by atoms with van der Waals surface area (Å²) in [5, 5.41) is 19.0. The highest BCUT2D eigenvalue weighted by molar-refractivity contribution is 7.09. The summed E-state index contributed by atoms with van der Waals surface area (Å²) in [7, 11) is 0. The van der Waals surface area contributed by atoms with Crippen LogP contribution in [0.15, 0.2) is 22.1 Å². The van der Waals surface area contributed by atoms with Crippen LogP contribution < -0.4 is 4.74 Å². The molecular weight excluding hydrogens is 316 g/mol. The monoisotopic (exact) mass is 328 g/mol. The summed E-state index contributed by atoms with van der Waals surface area (Å²) in [4.78, 5) is 16.5. The second-order valence-electron chi connectivity index (χ2n) is 4.94. The van der Waals surface area contributed by atoms with Crippen LogP contribution in [0.1, 0.15) is 32.3 Å². The summed E-state index contributed by atoms with van der Waals surface area (Å²) in [6.07, 6.45) is 0. The number of nitrogens with zero attached hydrogens (tertiary/aromatic N) is 2. The molecule has 0 atom stereocenters. The quantitative estimate of drug-likeness (QED) is 0.785. The van der Waals surface area contributed by atoms with Gasteiger partial charge >= 0.3 is 5.97 Å². The zero-order chi connectivity index (χ0) is 16.6. The van der Waals surface area contributed by atoms with Crippen LogP contribution in [0.2, 0.25) is 0 Å². The number of carboxylic acids is 1. The van der Waals surface area contributed by atoms with Crippen LogP contribution in [-0.2, 0) is 6.61 Å². The molecule has 0 aliphatic heterocycles. The van der Waals surface area contributed by atoms with Crippen molar-refractivity contribution in [3.05, 3.63) is 45.1 Å². The predicted octanol–water partition coefficient (Wildman–Crippen LogP) is 3.66.